The molecule has 4 aromatic heterocycles. The molecule has 13 atom stereocenters. The van der Waals surface area contributed by atoms with Crippen molar-refractivity contribution >= 4 is 38.3 Å². The molecule has 0 aliphatic carbocycles. The quantitative estimate of drug-likeness (QED) is 0.0130. The van der Waals surface area contributed by atoms with Gasteiger partial charge >= 0.3 is 15.6 Å². The highest BCUT2D eigenvalue weighted by Crippen LogP contribution is 2.48. The van der Waals surface area contributed by atoms with Crippen molar-refractivity contribution in [1.82, 2.24) is 29.2 Å². The maximum absolute atomic E-state index is 13.4. The van der Waals surface area contributed by atoms with Crippen LogP contribution in [-0.4, -0.2) is 161 Å². The summed E-state index contributed by atoms with van der Waals surface area (Å²) in [5, 5.41) is 73.0. The van der Waals surface area contributed by atoms with Crippen LogP contribution in [-0.2, 0) is 80.1 Å². The highest BCUT2D eigenvalue weighted by Gasteiger charge is 2.59. The molecule has 28 nitrogen and oxygen atoms in total. The lowest BCUT2D eigenvalue weighted by atomic mass is 9.92. The van der Waals surface area contributed by atoms with Crippen LogP contribution >= 0.6 is 15.6 Å². The van der Waals surface area contributed by atoms with Crippen molar-refractivity contribution in [2.45, 2.75) is 254 Å². The number of nitriles is 2. The van der Waals surface area contributed by atoms with Crippen molar-refractivity contribution in [2.24, 2.45) is 0 Å². The Bertz CT molecular complexity index is 3660. The molecule has 2 aromatic carbocycles. The van der Waals surface area contributed by atoms with Gasteiger partial charge in [0.1, 0.15) is 84.7 Å². The van der Waals surface area contributed by atoms with Gasteiger partial charge in [-0.3, -0.25) is 18.1 Å². The second-order valence-corrected chi connectivity index (χ2v) is 30.3. The van der Waals surface area contributed by atoms with Crippen molar-refractivity contribution in [1.29, 1.82) is 10.5 Å². The molecule has 0 spiro atoms. The molecule has 6 heterocycles. The van der Waals surface area contributed by atoms with Gasteiger partial charge in [-0.1, -0.05) is 210 Å². The van der Waals surface area contributed by atoms with Crippen LogP contribution < -0.4 is 11.5 Å². The molecule has 104 heavy (non-hydrogen) atoms. The third-order valence-electron chi connectivity index (χ3n) is 19.4. The average Bonchev–Trinajstić information content (AvgIpc) is 1.59. The molecule has 2 fully saturated rings. The summed E-state index contributed by atoms with van der Waals surface area (Å²) >= 11 is 0. The normalized spacial score (nSPS) is 22.5. The zero-order chi connectivity index (χ0) is 74.2. The Kier molecular flexibility index (Phi) is 34.8. The van der Waals surface area contributed by atoms with Crippen molar-refractivity contribution in [3.63, 3.8) is 0 Å². The zero-order valence-electron chi connectivity index (χ0n) is 60.3. The number of aromatic nitrogens is 6. The van der Waals surface area contributed by atoms with Crippen LogP contribution in [0.1, 0.15) is 208 Å². The van der Waals surface area contributed by atoms with E-state index in [0.717, 1.165) is 88.2 Å². The summed E-state index contributed by atoms with van der Waals surface area (Å²) in [5.41, 5.74) is 11.7. The van der Waals surface area contributed by atoms with Gasteiger partial charge in [0, 0.05) is 13.2 Å². The maximum Gasteiger partial charge on any atom is 0.472 e. The maximum atomic E-state index is 13.4. The first-order valence-electron chi connectivity index (χ1n) is 37.2. The molecule has 2 saturated heterocycles. The fourth-order valence-electron chi connectivity index (χ4n) is 13.2. The fraction of sp³-hybridized carbons (Fsp3) is 0.649. The number of phosphoric ester groups is 2. The van der Waals surface area contributed by atoms with E-state index in [1.807, 2.05) is 42.5 Å². The molecule has 0 bridgehead atoms. The van der Waals surface area contributed by atoms with E-state index in [4.69, 9.17) is 58.0 Å². The van der Waals surface area contributed by atoms with E-state index in [9.17, 15) is 49.9 Å². The summed E-state index contributed by atoms with van der Waals surface area (Å²) in [4.78, 5) is 29.5. The highest BCUT2D eigenvalue weighted by molar-refractivity contribution is 7.47. The Hall–Kier alpha value is -5.92. The monoisotopic (exact) mass is 1490 g/mol. The number of hydrogen-bond donors (Lipinski definition) is 8. The number of nitrogen functional groups attached to an aromatic ring is 2. The van der Waals surface area contributed by atoms with Gasteiger partial charge in [-0.15, -0.1) is 0 Å². The number of aliphatic hydroxyl groups excluding tert-OH is 4. The van der Waals surface area contributed by atoms with E-state index < -0.39 is 88.9 Å². The topological polar surface area (TPSA) is 408 Å². The van der Waals surface area contributed by atoms with Crippen LogP contribution in [0.15, 0.2) is 91.5 Å². The molecule has 0 saturated carbocycles. The molecule has 0 amide bonds. The van der Waals surface area contributed by atoms with Gasteiger partial charge in [0.2, 0.25) is 11.2 Å². The largest absolute Gasteiger partial charge is 0.472 e. The Morgan fingerprint density at radius 3 is 1.31 bits per heavy atom. The molecule has 3 unspecified atom stereocenters. The number of fused-ring (bicyclic) bond motifs is 2. The SMILES string of the molecule is CCCCCCCCCCCCCCCCO[C@H](COCc1ccc(C(C)CCCCCCCCCCCCO[C@H](COCc2ccccc2)COP(=O)(O)OC[C@H]2O[C@@](C#N)(c3ccc4c(N)ncnn34)[C@H](O)[C@@H]2O)cc1)COP(=O)(O)OC[C@H]1O[C@@](C#N)(c2ccc3c(N)ncnn23)[C@H](O)[C@@H]1O. The smallest absolute Gasteiger partial charge is 0.387 e. The Morgan fingerprint density at radius 1 is 0.519 bits per heavy atom. The molecular weight excluding hydrogens is 1380 g/mol. The number of ether oxygens (including phenoxy) is 6. The van der Waals surface area contributed by atoms with Crippen LogP contribution in [0, 0.1) is 22.7 Å². The second kappa shape index (κ2) is 43.2. The van der Waals surface area contributed by atoms with E-state index >= 15 is 0 Å². The van der Waals surface area contributed by atoms with Crippen LogP contribution in [0.25, 0.3) is 11.0 Å². The lowest BCUT2D eigenvalue weighted by Gasteiger charge is -2.24. The standard InChI is InChI=1S/C74H110N10O18P2/c1-3-4-5-6-7-8-9-10-11-13-16-19-22-29-42-96-60(48-98-104(91,92)100-50-64-68(86)70(88)74(52-76,102-64)66-40-38-62-72(78)80-54-82-84(62)66)46-94-44-57-33-35-58(36-34-57)55(2)30-25-21-18-15-12-14-17-20-23-28-41-95-59(45-93-43-56-31-26-24-27-32-56)47-97-103(89,90)99-49-63-67(85)69(87)73(51-75,101-63)65-39-37-61-71(77)79-53-81-83(61)65/h24,26-27,31-40,53-55,59-60,63-64,67-70,85-88H,3-23,25,28-30,41-50H2,1-2H3,(H,89,90)(H,91,92)(H2,77,79,81)(H2,78,80,82)/t55?,59-,60-,63-,64-,67-,68-,69-,70-,73+,74+/m1/s1. The zero-order valence-corrected chi connectivity index (χ0v) is 62.1. The van der Waals surface area contributed by atoms with Crippen LogP contribution in [0.2, 0.25) is 0 Å². The number of anilines is 2. The van der Waals surface area contributed by atoms with E-state index in [1.165, 1.54) is 129 Å². The molecule has 0 radical (unpaired) electrons. The van der Waals surface area contributed by atoms with E-state index in [1.54, 1.807) is 6.07 Å². The summed E-state index contributed by atoms with van der Waals surface area (Å²) in [5.74, 6) is 0.612. The lowest BCUT2D eigenvalue weighted by molar-refractivity contribution is -0.0684. The summed E-state index contributed by atoms with van der Waals surface area (Å²) in [6.07, 6.45) is 20.1. The third kappa shape index (κ3) is 24.8. The summed E-state index contributed by atoms with van der Waals surface area (Å²) in [6.45, 7) is 3.89. The third-order valence-corrected chi connectivity index (χ3v) is 21.3. The van der Waals surface area contributed by atoms with Crippen LogP contribution in [0.5, 0.6) is 0 Å². The second-order valence-electron chi connectivity index (χ2n) is 27.4. The summed E-state index contributed by atoms with van der Waals surface area (Å²) in [7, 11) is -9.58. The van der Waals surface area contributed by atoms with Crippen molar-refractivity contribution in [3.05, 3.63) is 120 Å². The Labute approximate surface area is 610 Å². The van der Waals surface area contributed by atoms with Crippen molar-refractivity contribution < 1.29 is 85.9 Å². The van der Waals surface area contributed by atoms with Gasteiger partial charge in [-0.2, -0.15) is 20.7 Å². The van der Waals surface area contributed by atoms with Crippen molar-refractivity contribution in [3.8, 4) is 12.1 Å². The van der Waals surface area contributed by atoms with Gasteiger partial charge in [-0.05, 0) is 66.1 Å². The van der Waals surface area contributed by atoms with Gasteiger partial charge in [0.25, 0.3) is 0 Å². The minimum absolute atomic E-state index is 0.0671. The molecule has 8 rings (SSSR count). The number of hydrogen-bond acceptors (Lipinski definition) is 24. The minimum atomic E-state index is -4.80. The minimum Gasteiger partial charge on any atom is -0.387 e. The van der Waals surface area contributed by atoms with Crippen molar-refractivity contribution in [2.75, 3.05) is 64.3 Å². The predicted molar refractivity (Wildman–Crippen MR) is 388 cm³/mol. The molecule has 6 aromatic rings. The number of unbranched alkanes of at least 4 members (excludes halogenated alkanes) is 22. The van der Waals surface area contributed by atoms with Crippen LogP contribution in [0.4, 0.5) is 11.6 Å². The first-order chi connectivity index (χ1) is 50.3. The van der Waals surface area contributed by atoms with E-state index in [0.29, 0.717) is 36.8 Å². The lowest BCUT2D eigenvalue weighted by Crippen LogP contribution is -2.41. The van der Waals surface area contributed by atoms with Gasteiger partial charge in [0.05, 0.1) is 64.2 Å². The van der Waals surface area contributed by atoms with Gasteiger partial charge in [0.15, 0.2) is 11.6 Å². The first-order valence-corrected chi connectivity index (χ1v) is 40.2. The number of phosphoric acid groups is 2. The summed E-state index contributed by atoms with van der Waals surface area (Å²) in [6, 6.07) is 27.8. The molecule has 2 aliphatic heterocycles. The number of rotatable bonds is 53. The number of benzene rings is 2. The van der Waals surface area contributed by atoms with E-state index in [2.05, 4.69) is 58.3 Å². The molecule has 30 heteroatoms. The Morgan fingerprint density at radius 2 is 0.904 bits per heavy atom. The molecular formula is C74H110N10O18P2. The molecule has 574 valence electrons. The highest BCUT2D eigenvalue weighted by atomic mass is 31.2. The fourth-order valence-corrected chi connectivity index (χ4v) is 14.7. The Balaban J connectivity index is 0.692. The summed E-state index contributed by atoms with van der Waals surface area (Å²) < 4.78 is 86.6. The first kappa shape index (κ1) is 83.7. The van der Waals surface area contributed by atoms with Crippen LogP contribution in [0.3, 0.4) is 0 Å². The number of nitrogens with two attached hydrogens (primary N) is 2. The molecule has 10 N–H and O–H groups in total. The number of nitrogens with zero attached hydrogens (tertiary/aromatic N) is 8. The molecule has 2 aliphatic rings. The van der Waals surface area contributed by atoms with E-state index in [-0.39, 0.29) is 56.1 Å². The number of aliphatic hydroxyl groups is 4. The van der Waals surface area contributed by atoms with Gasteiger partial charge in [-0.25, -0.2) is 28.1 Å². The average molecular weight is 1490 g/mol. The predicted octanol–water partition coefficient (Wildman–Crippen LogP) is 11.7. The van der Waals surface area contributed by atoms with Gasteiger partial charge < -0.3 is 70.1 Å².